The highest BCUT2D eigenvalue weighted by molar-refractivity contribution is 5.21. The summed E-state index contributed by atoms with van der Waals surface area (Å²) >= 11 is 0. The van der Waals surface area contributed by atoms with E-state index in [0.717, 1.165) is 12.1 Å². The molecule has 2 N–H and O–H groups in total. The van der Waals surface area contributed by atoms with Crippen LogP contribution in [0, 0.1) is 11.6 Å². The van der Waals surface area contributed by atoms with Crippen LogP contribution in [0.1, 0.15) is 11.7 Å². The molecular weight excluding hydrogens is 252 g/mol. The third kappa shape index (κ3) is 3.84. The standard InChI is InChI=1S/C13H15F2N3O/c14-10-1-2-11(12(15)7-10)13(19)8-16-3-5-18-6-4-17-9-18/h1-2,4,6-7,9,13,16,19H,3,5,8H2. The number of aromatic nitrogens is 2. The Morgan fingerprint density at radius 2 is 2.21 bits per heavy atom. The topological polar surface area (TPSA) is 50.1 Å². The second kappa shape index (κ2) is 6.40. The molecule has 0 aliphatic rings. The molecule has 0 saturated carbocycles. The predicted molar refractivity (Wildman–Crippen MR) is 66.4 cm³/mol. The molecular formula is C13H15F2N3O. The number of nitrogens with zero attached hydrogens (tertiary/aromatic N) is 2. The first kappa shape index (κ1) is 13.6. The van der Waals surface area contributed by atoms with Crippen LogP contribution in [0.25, 0.3) is 0 Å². The molecule has 0 spiro atoms. The van der Waals surface area contributed by atoms with Crippen molar-refractivity contribution < 1.29 is 13.9 Å². The summed E-state index contributed by atoms with van der Waals surface area (Å²) in [5.41, 5.74) is 0.0940. The number of rotatable bonds is 6. The Morgan fingerprint density at radius 1 is 1.37 bits per heavy atom. The van der Waals surface area contributed by atoms with E-state index >= 15 is 0 Å². The summed E-state index contributed by atoms with van der Waals surface area (Å²) in [6, 6.07) is 3.16. The van der Waals surface area contributed by atoms with Gasteiger partial charge in [-0.1, -0.05) is 6.07 Å². The van der Waals surface area contributed by atoms with Gasteiger partial charge in [0.15, 0.2) is 0 Å². The molecule has 1 unspecified atom stereocenters. The Bertz CT molecular complexity index is 517. The van der Waals surface area contributed by atoms with E-state index in [0.29, 0.717) is 13.1 Å². The fourth-order valence-corrected chi connectivity index (χ4v) is 1.75. The lowest BCUT2D eigenvalue weighted by Crippen LogP contribution is -2.25. The van der Waals surface area contributed by atoms with Crippen LogP contribution >= 0.6 is 0 Å². The molecule has 0 aliphatic heterocycles. The molecule has 0 amide bonds. The summed E-state index contributed by atoms with van der Waals surface area (Å²) in [6.07, 6.45) is 4.21. The fourth-order valence-electron chi connectivity index (χ4n) is 1.75. The molecule has 1 aromatic heterocycles. The molecule has 102 valence electrons. The first-order chi connectivity index (χ1) is 9.16. The van der Waals surface area contributed by atoms with Crippen LogP contribution in [0.3, 0.4) is 0 Å². The Balaban J connectivity index is 1.79. The van der Waals surface area contributed by atoms with Crippen LogP contribution < -0.4 is 5.32 Å². The lowest BCUT2D eigenvalue weighted by atomic mass is 10.1. The van der Waals surface area contributed by atoms with Gasteiger partial charge in [-0.15, -0.1) is 0 Å². The van der Waals surface area contributed by atoms with Gasteiger partial charge in [0.05, 0.1) is 12.4 Å². The van der Waals surface area contributed by atoms with Gasteiger partial charge in [-0.05, 0) is 6.07 Å². The van der Waals surface area contributed by atoms with Crippen molar-refractivity contribution in [2.45, 2.75) is 12.6 Å². The van der Waals surface area contributed by atoms with E-state index in [-0.39, 0.29) is 12.1 Å². The average molecular weight is 267 g/mol. The third-order valence-electron chi connectivity index (χ3n) is 2.77. The second-order valence-electron chi connectivity index (χ2n) is 4.19. The Labute approximate surface area is 109 Å². The molecule has 0 saturated heterocycles. The van der Waals surface area contributed by atoms with Crippen LogP contribution in [0.15, 0.2) is 36.9 Å². The van der Waals surface area contributed by atoms with Gasteiger partial charge < -0.3 is 15.0 Å². The van der Waals surface area contributed by atoms with Gasteiger partial charge >= 0.3 is 0 Å². The molecule has 19 heavy (non-hydrogen) atoms. The quantitative estimate of drug-likeness (QED) is 0.780. The van der Waals surface area contributed by atoms with Crippen molar-refractivity contribution >= 4 is 0 Å². The smallest absolute Gasteiger partial charge is 0.131 e. The molecule has 0 aliphatic carbocycles. The molecule has 1 heterocycles. The molecule has 6 heteroatoms. The van der Waals surface area contributed by atoms with Crippen molar-refractivity contribution in [3.63, 3.8) is 0 Å². The fraction of sp³-hybridized carbons (Fsp3) is 0.308. The Kier molecular flexibility index (Phi) is 4.59. The maximum absolute atomic E-state index is 13.4. The zero-order valence-electron chi connectivity index (χ0n) is 10.3. The molecule has 0 fully saturated rings. The van der Waals surface area contributed by atoms with E-state index in [9.17, 15) is 13.9 Å². The van der Waals surface area contributed by atoms with Gasteiger partial charge in [0.1, 0.15) is 11.6 Å². The van der Waals surface area contributed by atoms with Gasteiger partial charge in [0.2, 0.25) is 0 Å². The normalized spacial score (nSPS) is 12.6. The minimum atomic E-state index is -0.997. The van der Waals surface area contributed by atoms with E-state index in [1.165, 1.54) is 6.07 Å². The van der Waals surface area contributed by atoms with Crippen molar-refractivity contribution in [1.82, 2.24) is 14.9 Å². The number of hydrogen-bond acceptors (Lipinski definition) is 3. The van der Waals surface area contributed by atoms with Gasteiger partial charge in [-0.3, -0.25) is 0 Å². The van der Waals surface area contributed by atoms with Crippen LogP contribution in [-0.4, -0.2) is 27.7 Å². The summed E-state index contributed by atoms with van der Waals surface area (Å²) in [5.74, 6) is -1.38. The molecule has 0 bridgehead atoms. The molecule has 4 nitrogen and oxygen atoms in total. The largest absolute Gasteiger partial charge is 0.387 e. The first-order valence-corrected chi connectivity index (χ1v) is 5.96. The maximum Gasteiger partial charge on any atom is 0.131 e. The molecule has 2 rings (SSSR count). The van der Waals surface area contributed by atoms with Crippen molar-refractivity contribution in [1.29, 1.82) is 0 Å². The van der Waals surface area contributed by atoms with E-state index < -0.39 is 17.7 Å². The Morgan fingerprint density at radius 3 is 2.89 bits per heavy atom. The lowest BCUT2D eigenvalue weighted by molar-refractivity contribution is 0.169. The summed E-state index contributed by atoms with van der Waals surface area (Å²) in [6.45, 7) is 1.53. The third-order valence-corrected chi connectivity index (χ3v) is 2.77. The van der Waals surface area contributed by atoms with E-state index in [4.69, 9.17) is 0 Å². The van der Waals surface area contributed by atoms with Crippen molar-refractivity contribution in [2.24, 2.45) is 0 Å². The van der Waals surface area contributed by atoms with Crippen molar-refractivity contribution in [2.75, 3.05) is 13.1 Å². The van der Waals surface area contributed by atoms with E-state index in [1.54, 1.807) is 12.5 Å². The highest BCUT2D eigenvalue weighted by Gasteiger charge is 2.12. The summed E-state index contributed by atoms with van der Waals surface area (Å²) in [5, 5.41) is 12.8. The number of hydrogen-bond donors (Lipinski definition) is 2. The van der Waals surface area contributed by atoms with Crippen molar-refractivity contribution in [3.05, 3.63) is 54.1 Å². The van der Waals surface area contributed by atoms with Crippen LogP contribution in [0.5, 0.6) is 0 Å². The number of imidazole rings is 1. The van der Waals surface area contributed by atoms with Gasteiger partial charge in [0, 0.05) is 43.7 Å². The SMILES string of the molecule is OC(CNCCn1ccnc1)c1ccc(F)cc1F. The Hall–Kier alpha value is -1.79. The number of benzene rings is 1. The summed E-state index contributed by atoms with van der Waals surface area (Å²) in [4.78, 5) is 3.90. The van der Waals surface area contributed by atoms with Crippen LogP contribution in [-0.2, 0) is 6.54 Å². The van der Waals surface area contributed by atoms with Gasteiger partial charge in [-0.2, -0.15) is 0 Å². The number of halogens is 2. The number of aliphatic hydroxyl groups excluding tert-OH is 1. The second-order valence-corrected chi connectivity index (χ2v) is 4.19. The average Bonchev–Trinajstić information content (AvgIpc) is 2.87. The van der Waals surface area contributed by atoms with Gasteiger partial charge in [0.25, 0.3) is 0 Å². The minimum Gasteiger partial charge on any atom is -0.387 e. The van der Waals surface area contributed by atoms with Crippen molar-refractivity contribution in [3.8, 4) is 0 Å². The summed E-state index contributed by atoms with van der Waals surface area (Å²) in [7, 11) is 0. The minimum absolute atomic E-state index is 0.0940. The summed E-state index contributed by atoms with van der Waals surface area (Å²) < 4.78 is 28.0. The van der Waals surface area contributed by atoms with Crippen LogP contribution in [0.4, 0.5) is 8.78 Å². The molecule has 2 aromatic rings. The monoisotopic (exact) mass is 267 g/mol. The zero-order chi connectivity index (χ0) is 13.7. The maximum atomic E-state index is 13.4. The van der Waals surface area contributed by atoms with Gasteiger partial charge in [-0.25, -0.2) is 13.8 Å². The van der Waals surface area contributed by atoms with Crippen LogP contribution in [0.2, 0.25) is 0 Å². The zero-order valence-corrected chi connectivity index (χ0v) is 10.3. The lowest BCUT2D eigenvalue weighted by Gasteiger charge is -2.13. The molecule has 0 radical (unpaired) electrons. The molecule has 1 aromatic carbocycles. The molecule has 1 atom stereocenters. The predicted octanol–water partition coefficient (Wildman–Crippen LogP) is 1.48. The number of aliphatic hydroxyl groups is 1. The van der Waals surface area contributed by atoms with E-state index in [1.807, 2.05) is 10.8 Å². The highest BCUT2D eigenvalue weighted by atomic mass is 19.1. The highest BCUT2D eigenvalue weighted by Crippen LogP contribution is 2.17. The number of nitrogens with one attached hydrogen (secondary N) is 1. The van der Waals surface area contributed by atoms with E-state index in [2.05, 4.69) is 10.3 Å². The first-order valence-electron chi connectivity index (χ1n) is 5.96.